The van der Waals surface area contributed by atoms with Crippen molar-refractivity contribution in [2.45, 2.75) is 0 Å². The van der Waals surface area contributed by atoms with Crippen molar-refractivity contribution in [2.75, 3.05) is 12.4 Å². The lowest BCUT2D eigenvalue weighted by molar-refractivity contribution is 0.177. The number of alkyl carbamates (subject to hydrolysis) is 1. The van der Waals surface area contributed by atoms with Gasteiger partial charge in [0.15, 0.2) is 5.11 Å². The van der Waals surface area contributed by atoms with Crippen LogP contribution < -0.4 is 21.9 Å². The molecule has 16 heavy (non-hydrogen) atoms. The number of thiocarbonyl (C=S) groups is 1. The molecule has 0 aliphatic carbocycles. The van der Waals surface area contributed by atoms with Crippen LogP contribution in [0.1, 0.15) is 0 Å². The van der Waals surface area contributed by atoms with Gasteiger partial charge in [-0.3, -0.25) is 15.1 Å². The number of ether oxygens (including phenoxy) is 1. The molecule has 1 aromatic heterocycles. The molecule has 1 heterocycles. The average molecular weight is 244 g/mol. The standard InChI is InChI=1S/C7H8N4O4S/c1-15-7(14)11-6(16)9-3-2-8-5(13)10-4(3)12/h2H,1H3,(H2,8,10,12,13)(H2,9,11,14,16). The Morgan fingerprint density at radius 1 is 1.50 bits per heavy atom. The maximum absolute atomic E-state index is 11.2. The van der Waals surface area contributed by atoms with Crippen LogP contribution in [0, 0.1) is 0 Å². The Morgan fingerprint density at radius 3 is 2.75 bits per heavy atom. The predicted molar refractivity (Wildman–Crippen MR) is 59.4 cm³/mol. The highest BCUT2D eigenvalue weighted by Crippen LogP contribution is 1.91. The molecular weight excluding hydrogens is 236 g/mol. The van der Waals surface area contributed by atoms with E-state index in [-0.39, 0.29) is 10.8 Å². The highest BCUT2D eigenvalue weighted by Gasteiger charge is 2.06. The van der Waals surface area contributed by atoms with Crippen LogP contribution >= 0.6 is 12.2 Å². The second kappa shape index (κ2) is 5.07. The third kappa shape index (κ3) is 3.20. The van der Waals surface area contributed by atoms with Gasteiger partial charge in [-0.15, -0.1) is 0 Å². The molecule has 9 heteroatoms. The number of nitrogens with one attached hydrogen (secondary N) is 4. The third-order valence-corrected chi connectivity index (χ3v) is 1.67. The number of aromatic nitrogens is 2. The van der Waals surface area contributed by atoms with Gasteiger partial charge in [0.25, 0.3) is 5.56 Å². The first kappa shape index (κ1) is 11.9. The van der Waals surface area contributed by atoms with Gasteiger partial charge in [0.05, 0.1) is 7.11 Å². The Hall–Kier alpha value is -2.16. The van der Waals surface area contributed by atoms with E-state index in [0.717, 1.165) is 6.20 Å². The van der Waals surface area contributed by atoms with Gasteiger partial charge in [-0.25, -0.2) is 9.59 Å². The number of aromatic amines is 2. The second-order valence-corrected chi connectivity index (χ2v) is 2.96. The van der Waals surface area contributed by atoms with E-state index < -0.39 is 17.3 Å². The summed E-state index contributed by atoms with van der Waals surface area (Å²) in [7, 11) is 1.17. The van der Waals surface area contributed by atoms with Crippen LogP contribution in [-0.4, -0.2) is 28.3 Å². The Balaban J connectivity index is 2.74. The molecule has 4 N–H and O–H groups in total. The molecule has 0 unspecified atom stereocenters. The molecule has 0 atom stereocenters. The van der Waals surface area contributed by atoms with Crippen LogP contribution in [0.5, 0.6) is 0 Å². The molecule has 0 spiro atoms. The van der Waals surface area contributed by atoms with Gasteiger partial charge in [0.1, 0.15) is 5.69 Å². The van der Waals surface area contributed by atoms with Gasteiger partial charge in [-0.1, -0.05) is 0 Å². The molecule has 0 aliphatic rings. The zero-order valence-corrected chi connectivity index (χ0v) is 8.94. The first-order valence-corrected chi connectivity index (χ1v) is 4.41. The van der Waals surface area contributed by atoms with Gasteiger partial charge in [-0.2, -0.15) is 0 Å². The monoisotopic (exact) mass is 244 g/mol. The summed E-state index contributed by atoms with van der Waals surface area (Å²) in [5.74, 6) is 0. The fourth-order valence-electron chi connectivity index (χ4n) is 0.800. The summed E-state index contributed by atoms with van der Waals surface area (Å²) >= 11 is 4.70. The number of rotatable bonds is 1. The average Bonchev–Trinajstić information content (AvgIpc) is 2.22. The summed E-state index contributed by atoms with van der Waals surface area (Å²) in [5, 5.41) is 4.42. The Labute approximate surface area is 94.0 Å². The van der Waals surface area contributed by atoms with E-state index in [1.165, 1.54) is 7.11 Å². The van der Waals surface area contributed by atoms with Gasteiger partial charge in [-0.05, 0) is 12.2 Å². The zero-order chi connectivity index (χ0) is 12.1. The Kier molecular flexibility index (Phi) is 3.78. The van der Waals surface area contributed by atoms with Crippen molar-refractivity contribution in [3.05, 3.63) is 27.0 Å². The zero-order valence-electron chi connectivity index (χ0n) is 8.12. The van der Waals surface area contributed by atoms with E-state index in [1.807, 2.05) is 4.98 Å². The number of carbonyl (C=O) groups is 1. The first-order valence-electron chi connectivity index (χ1n) is 4.01. The van der Waals surface area contributed by atoms with Crippen molar-refractivity contribution in [2.24, 2.45) is 0 Å². The fourth-order valence-corrected chi connectivity index (χ4v) is 0.993. The van der Waals surface area contributed by atoms with Crippen LogP contribution in [0.2, 0.25) is 0 Å². The van der Waals surface area contributed by atoms with Gasteiger partial charge < -0.3 is 15.0 Å². The summed E-state index contributed by atoms with van der Waals surface area (Å²) in [6.07, 6.45) is 0.366. The minimum Gasteiger partial charge on any atom is -0.453 e. The molecule has 1 aromatic rings. The molecule has 0 aromatic carbocycles. The number of methoxy groups -OCH3 is 1. The van der Waals surface area contributed by atoms with E-state index in [4.69, 9.17) is 12.2 Å². The van der Waals surface area contributed by atoms with E-state index >= 15 is 0 Å². The van der Waals surface area contributed by atoms with Crippen molar-refractivity contribution < 1.29 is 9.53 Å². The first-order chi connectivity index (χ1) is 7.52. The number of carbonyl (C=O) groups excluding carboxylic acids is 1. The number of hydrogen-bond donors (Lipinski definition) is 4. The van der Waals surface area contributed by atoms with Gasteiger partial charge in [0, 0.05) is 6.20 Å². The van der Waals surface area contributed by atoms with Crippen LogP contribution in [0.15, 0.2) is 15.8 Å². The van der Waals surface area contributed by atoms with Crippen LogP contribution in [0.25, 0.3) is 0 Å². The van der Waals surface area contributed by atoms with Gasteiger partial charge >= 0.3 is 11.8 Å². The summed E-state index contributed by atoms with van der Waals surface area (Å²) in [4.78, 5) is 36.8. The summed E-state index contributed by atoms with van der Waals surface area (Å²) < 4.78 is 4.29. The second-order valence-electron chi connectivity index (χ2n) is 2.56. The number of hydrogen-bond acceptors (Lipinski definition) is 5. The Morgan fingerprint density at radius 2 is 2.19 bits per heavy atom. The highest BCUT2D eigenvalue weighted by atomic mass is 32.1. The topological polar surface area (TPSA) is 116 Å². The molecule has 0 saturated heterocycles. The molecule has 0 bridgehead atoms. The van der Waals surface area contributed by atoms with Crippen LogP contribution in [0.4, 0.5) is 10.5 Å². The minimum absolute atomic E-state index is 0.000929. The van der Waals surface area contributed by atoms with Crippen molar-refractivity contribution in [1.29, 1.82) is 0 Å². The molecule has 0 fully saturated rings. The SMILES string of the molecule is COC(=O)NC(=S)Nc1c[nH]c(=O)[nH]c1=O. The van der Waals surface area contributed by atoms with Gasteiger partial charge in [0.2, 0.25) is 0 Å². The van der Waals surface area contributed by atoms with Crippen molar-refractivity contribution >= 4 is 29.1 Å². The van der Waals surface area contributed by atoms with E-state index in [2.05, 4.69) is 20.4 Å². The number of H-pyrrole nitrogens is 2. The number of anilines is 1. The summed E-state index contributed by atoms with van der Waals surface area (Å²) in [6, 6.07) is 0. The molecule has 8 nitrogen and oxygen atoms in total. The molecule has 0 saturated carbocycles. The van der Waals surface area contributed by atoms with Crippen LogP contribution in [-0.2, 0) is 4.74 Å². The lowest BCUT2D eigenvalue weighted by Crippen LogP contribution is -2.36. The minimum atomic E-state index is -0.765. The maximum atomic E-state index is 11.2. The Bertz CT molecular complexity index is 520. The molecule has 0 aliphatic heterocycles. The van der Waals surface area contributed by atoms with Crippen LogP contribution in [0.3, 0.4) is 0 Å². The largest absolute Gasteiger partial charge is 0.453 e. The molecule has 1 amide bonds. The molecule has 0 radical (unpaired) electrons. The van der Waals surface area contributed by atoms with Crippen molar-refractivity contribution in [3.8, 4) is 0 Å². The smallest absolute Gasteiger partial charge is 0.413 e. The lowest BCUT2D eigenvalue weighted by Gasteiger charge is -2.06. The molecule has 86 valence electrons. The van der Waals surface area contributed by atoms with E-state index in [1.54, 1.807) is 0 Å². The predicted octanol–water partition coefficient (Wildman–Crippen LogP) is -0.884. The van der Waals surface area contributed by atoms with E-state index in [9.17, 15) is 14.4 Å². The summed E-state index contributed by atoms with van der Waals surface area (Å²) in [5.41, 5.74) is -1.29. The van der Waals surface area contributed by atoms with Crippen molar-refractivity contribution in [1.82, 2.24) is 15.3 Å². The molecule has 1 rings (SSSR count). The fraction of sp³-hybridized carbons (Fsp3) is 0.143. The highest BCUT2D eigenvalue weighted by molar-refractivity contribution is 7.80. The third-order valence-electron chi connectivity index (χ3n) is 1.47. The number of amides is 1. The normalized spacial score (nSPS) is 9.31. The summed E-state index contributed by atoms with van der Waals surface area (Å²) in [6.45, 7) is 0. The molecular formula is C7H8N4O4S. The quantitative estimate of drug-likeness (QED) is 0.476. The maximum Gasteiger partial charge on any atom is 0.413 e. The van der Waals surface area contributed by atoms with E-state index in [0.29, 0.717) is 0 Å². The lowest BCUT2D eigenvalue weighted by atomic mass is 10.5. The van der Waals surface area contributed by atoms with Crippen molar-refractivity contribution in [3.63, 3.8) is 0 Å².